The maximum Gasteiger partial charge on any atom is 0.302 e. The molecule has 1 spiro atoms. The van der Waals surface area contributed by atoms with Crippen LogP contribution in [-0.4, -0.2) is 60.1 Å². The predicted octanol–water partition coefficient (Wildman–Crippen LogP) is 1.07. The Morgan fingerprint density at radius 1 is 1.48 bits per heavy atom. The Balaban J connectivity index is 1.78. The van der Waals surface area contributed by atoms with Crippen molar-refractivity contribution in [3.05, 3.63) is 17.7 Å². The highest BCUT2D eigenvalue weighted by molar-refractivity contribution is 6.02. The van der Waals surface area contributed by atoms with Crippen LogP contribution >= 0.6 is 0 Å². The number of hydrogen-bond donors (Lipinski definition) is 1. The quantitative estimate of drug-likeness (QED) is 0.645. The summed E-state index contributed by atoms with van der Waals surface area (Å²) in [6, 6.07) is 3.09. The second-order valence-corrected chi connectivity index (χ2v) is 6.49. The first-order chi connectivity index (χ1) is 11.9. The molecule has 134 valence electrons. The molecule has 4 rings (SSSR count). The Morgan fingerprint density at radius 3 is 2.88 bits per heavy atom. The van der Waals surface area contributed by atoms with Crippen LogP contribution in [0.5, 0.6) is 11.5 Å². The first-order valence-corrected chi connectivity index (χ1v) is 8.26. The van der Waals surface area contributed by atoms with Gasteiger partial charge < -0.3 is 29.1 Å². The van der Waals surface area contributed by atoms with E-state index in [1.54, 1.807) is 11.0 Å². The third kappa shape index (κ3) is 2.17. The van der Waals surface area contributed by atoms with Crippen molar-refractivity contribution in [2.45, 2.75) is 38.3 Å². The van der Waals surface area contributed by atoms with Crippen LogP contribution in [0.4, 0.5) is 5.69 Å². The number of hydrogen-bond acceptors (Lipinski definition) is 7. The lowest BCUT2D eigenvalue weighted by molar-refractivity contribution is -0.145. The molecule has 1 aromatic rings. The van der Waals surface area contributed by atoms with Crippen LogP contribution < -0.4 is 9.64 Å². The summed E-state index contributed by atoms with van der Waals surface area (Å²) in [4.78, 5) is 28.0. The average Bonchev–Trinajstić information content (AvgIpc) is 3.15. The summed E-state index contributed by atoms with van der Waals surface area (Å²) in [7, 11) is 1.44. The third-order valence-corrected chi connectivity index (χ3v) is 5.05. The van der Waals surface area contributed by atoms with Gasteiger partial charge in [-0.2, -0.15) is 0 Å². The highest BCUT2D eigenvalue weighted by Crippen LogP contribution is 2.55. The molecule has 2 fully saturated rings. The van der Waals surface area contributed by atoms with Crippen molar-refractivity contribution < 1.29 is 28.9 Å². The molecule has 0 saturated carbocycles. The molecule has 8 heteroatoms. The van der Waals surface area contributed by atoms with Gasteiger partial charge in [0.15, 0.2) is 23.5 Å². The van der Waals surface area contributed by atoms with E-state index in [-0.39, 0.29) is 42.3 Å². The Kier molecular flexibility index (Phi) is 3.37. The van der Waals surface area contributed by atoms with Gasteiger partial charge in [0, 0.05) is 26.0 Å². The lowest BCUT2D eigenvalue weighted by Gasteiger charge is -2.23. The molecule has 0 radical (unpaired) electrons. The van der Waals surface area contributed by atoms with E-state index in [4.69, 9.17) is 14.2 Å². The van der Waals surface area contributed by atoms with E-state index >= 15 is 0 Å². The van der Waals surface area contributed by atoms with Crippen molar-refractivity contribution in [1.29, 1.82) is 0 Å². The van der Waals surface area contributed by atoms with E-state index in [1.807, 2.05) is 11.8 Å². The minimum absolute atomic E-state index is 0.0259. The van der Waals surface area contributed by atoms with E-state index in [2.05, 4.69) is 0 Å². The number of methoxy groups -OCH3 is 1. The lowest BCUT2D eigenvalue weighted by atomic mass is 10.1. The van der Waals surface area contributed by atoms with E-state index in [0.717, 1.165) is 0 Å². The van der Waals surface area contributed by atoms with Gasteiger partial charge in [0.05, 0.1) is 24.9 Å². The number of phenols is 1. The van der Waals surface area contributed by atoms with Gasteiger partial charge in [-0.05, 0) is 13.0 Å². The van der Waals surface area contributed by atoms with Crippen LogP contribution in [0.15, 0.2) is 12.1 Å². The Bertz CT molecular complexity index is 766. The number of amides is 1. The number of aromatic hydroxyl groups is 1. The molecule has 3 heterocycles. The summed E-state index contributed by atoms with van der Waals surface area (Å²) >= 11 is 0. The van der Waals surface area contributed by atoms with Crippen molar-refractivity contribution in [1.82, 2.24) is 4.90 Å². The van der Waals surface area contributed by atoms with Gasteiger partial charge in [-0.3, -0.25) is 9.59 Å². The lowest BCUT2D eigenvalue weighted by Crippen LogP contribution is -2.40. The topological polar surface area (TPSA) is 91.8 Å². The fraction of sp³-hybridized carbons (Fsp3) is 0.529. The number of anilines is 1. The first kappa shape index (κ1) is 16.0. The molecular weight excluding hydrogens is 328 g/mol. The van der Waals surface area contributed by atoms with Gasteiger partial charge in [0.1, 0.15) is 6.10 Å². The molecule has 3 aliphatic rings. The third-order valence-electron chi connectivity index (χ3n) is 5.05. The monoisotopic (exact) mass is 348 g/mol. The second-order valence-electron chi connectivity index (χ2n) is 6.49. The number of carbonyl (C=O) groups excluding carboxylic acids is 2. The van der Waals surface area contributed by atoms with Crippen molar-refractivity contribution >= 4 is 17.6 Å². The van der Waals surface area contributed by atoms with Crippen molar-refractivity contribution in [3.8, 4) is 11.5 Å². The van der Waals surface area contributed by atoms with Crippen LogP contribution in [0, 0.1) is 0 Å². The number of ether oxygens (including phenoxy) is 3. The summed E-state index contributed by atoms with van der Waals surface area (Å²) in [6.07, 6.45) is -0.266. The second kappa shape index (κ2) is 5.26. The number of esters is 1. The molecule has 3 aliphatic heterocycles. The number of epoxide rings is 1. The predicted molar refractivity (Wildman–Crippen MR) is 86.5 cm³/mol. The zero-order valence-corrected chi connectivity index (χ0v) is 14.3. The summed E-state index contributed by atoms with van der Waals surface area (Å²) in [5.74, 6) is -0.379. The number of carbonyl (C=O) groups is 2. The van der Waals surface area contributed by atoms with E-state index in [9.17, 15) is 14.7 Å². The van der Waals surface area contributed by atoms with Gasteiger partial charge in [0.25, 0.3) is 5.91 Å². The maximum absolute atomic E-state index is 13.2. The summed E-state index contributed by atoms with van der Waals surface area (Å²) in [5, 5.41) is 10.1. The van der Waals surface area contributed by atoms with Gasteiger partial charge >= 0.3 is 5.97 Å². The molecule has 1 amide bonds. The number of rotatable bonds is 3. The van der Waals surface area contributed by atoms with Gasteiger partial charge in [-0.1, -0.05) is 0 Å². The van der Waals surface area contributed by atoms with Crippen molar-refractivity contribution in [2.75, 3.05) is 25.1 Å². The Labute approximate surface area is 144 Å². The molecule has 2 saturated heterocycles. The Morgan fingerprint density at radius 2 is 2.24 bits per heavy atom. The smallest absolute Gasteiger partial charge is 0.302 e. The van der Waals surface area contributed by atoms with Crippen LogP contribution in [0.3, 0.4) is 0 Å². The van der Waals surface area contributed by atoms with Gasteiger partial charge in [-0.15, -0.1) is 0 Å². The summed E-state index contributed by atoms with van der Waals surface area (Å²) in [6.45, 7) is 4.20. The molecule has 8 nitrogen and oxygen atoms in total. The molecule has 0 aliphatic carbocycles. The molecular formula is C17H20N2O6. The highest BCUT2D eigenvalue weighted by Gasteiger charge is 2.71. The standard InChI is InChI=1S/C17H20N2O6/c1-4-18-12-6-13(21)14(23-3)5-11(12)15(22)19-8-10(24-9(2)20)7-17(19)16(18)25-17/h5-6,10,16,21H,4,7-8H2,1-3H3/t10-,16?,17-/m1/s1. The molecule has 25 heavy (non-hydrogen) atoms. The number of fused-ring (bicyclic) bond motifs is 1. The number of likely N-dealkylation sites (N-methyl/N-ethyl adjacent to an activating group) is 1. The molecule has 0 bridgehead atoms. The fourth-order valence-electron chi connectivity index (χ4n) is 3.98. The number of nitrogens with zero attached hydrogens (tertiary/aromatic N) is 2. The van der Waals surface area contributed by atoms with Crippen molar-refractivity contribution in [2.24, 2.45) is 0 Å². The molecule has 1 N–H and O–H groups in total. The van der Waals surface area contributed by atoms with E-state index in [1.165, 1.54) is 20.1 Å². The van der Waals surface area contributed by atoms with E-state index < -0.39 is 5.72 Å². The van der Waals surface area contributed by atoms with Crippen LogP contribution in [-0.2, 0) is 14.3 Å². The molecule has 3 atom stereocenters. The largest absolute Gasteiger partial charge is 0.504 e. The zero-order valence-electron chi connectivity index (χ0n) is 14.3. The highest BCUT2D eigenvalue weighted by atomic mass is 16.7. The fourth-order valence-corrected chi connectivity index (χ4v) is 3.98. The number of benzene rings is 1. The summed E-state index contributed by atoms with van der Waals surface area (Å²) < 4.78 is 16.4. The normalized spacial score (nSPS) is 29.5. The van der Waals surface area contributed by atoms with Crippen LogP contribution in [0.2, 0.25) is 0 Å². The van der Waals surface area contributed by atoms with Gasteiger partial charge in [0.2, 0.25) is 0 Å². The SMILES string of the molecule is CCN1c2cc(O)c(OC)cc2C(=O)N2C[C@H](OC(C)=O)C[C@]23OC13. The van der Waals surface area contributed by atoms with Crippen LogP contribution in [0.1, 0.15) is 30.6 Å². The number of phenolic OH excluding ortho intramolecular Hbond substituents is 1. The molecule has 1 unspecified atom stereocenters. The zero-order chi connectivity index (χ0) is 17.9. The molecule has 0 aromatic heterocycles. The first-order valence-electron chi connectivity index (χ1n) is 8.26. The van der Waals surface area contributed by atoms with E-state index in [0.29, 0.717) is 24.2 Å². The minimum atomic E-state index is -0.783. The van der Waals surface area contributed by atoms with Gasteiger partial charge in [-0.25, -0.2) is 0 Å². The Hall–Kier alpha value is -2.48. The maximum atomic E-state index is 13.2. The summed E-state index contributed by atoms with van der Waals surface area (Å²) in [5.41, 5.74) is 0.274. The van der Waals surface area contributed by atoms with Crippen LogP contribution in [0.25, 0.3) is 0 Å². The molecule has 1 aromatic carbocycles. The van der Waals surface area contributed by atoms with Crippen molar-refractivity contribution in [3.63, 3.8) is 0 Å². The minimum Gasteiger partial charge on any atom is -0.504 e. The average molecular weight is 348 g/mol.